The summed E-state index contributed by atoms with van der Waals surface area (Å²) in [5.74, 6) is 1.28. The Balaban J connectivity index is 1.44. The van der Waals surface area contributed by atoms with Crippen LogP contribution in [0.4, 0.5) is 10.6 Å². The van der Waals surface area contributed by atoms with Crippen molar-refractivity contribution in [3.05, 3.63) is 29.3 Å². The van der Waals surface area contributed by atoms with Crippen LogP contribution in [0.3, 0.4) is 0 Å². The smallest absolute Gasteiger partial charge is 0.407 e. The lowest BCUT2D eigenvalue weighted by atomic mass is 10.2. The van der Waals surface area contributed by atoms with Gasteiger partial charge in [-0.3, -0.25) is 9.89 Å². The molecule has 2 heterocycles. The maximum absolute atomic E-state index is 12.0. The van der Waals surface area contributed by atoms with Crippen LogP contribution in [0.2, 0.25) is 0 Å². The number of aromatic nitrogens is 3. The van der Waals surface area contributed by atoms with Crippen molar-refractivity contribution in [1.29, 1.82) is 0 Å². The number of hydrogen-bond acceptors (Lipinski definition) is 6. The zero-order valence-electron chi connectivity index (χ0n) is 15.0. The normalized spacial score (nSPS) is 18.6. The molecule has 2 aromatic heterocycles. The molecule has 1 fully saturated rings. The quantitative estimate of drug-likeness (QED) is 0.694. The highest BCUT2D eigenvalue weighted by atomic mass is 16.5. The van der Waals surface area contributed by atoms with E-state index in [2.05, 4.69) is 26.0 Å². The van der Waals surface area contributed by atoms with Crippen LogP contribution >= 0.6 is 0 Å². The second-order valence-corrected chi connectivity index (χ2v) is 6.87. The molecule has 2 unspecified atom stereocenters. The Labute approximate surface area is 150 Å². The van der Waals surface area contributed by atoms with E-state index in [0.29, 0.717) is 18.2 Å². The first kappa shape index (κ1) is 18.0. The summed E-state index contributed by atoms with van der Waals surface area (Å²) >= 11 is 0. The molecule has 9 nitrogen and oxygen atoms in total. The van der Waals surface area contributed by atoms with Crippen molar-refractivity contribution >= 4 is 17.8 Å². The van der Waals surface area contributed by atoms with E-state index in [1.54, 1.807) is 13.0 Å². The molecule has 0 saturated heterocycles. The zero-order chi connectivity index (χ0) is 18.7. The summed E-state index contributed by atoms with van der Waals surface area (Å²) in [6.45, 7) is 5.93. The van der Waals surface area contributed by atoms with Gasteiger partial charge in [0.25, 0.3) is 0 Å². The Morgan fingerprint density at radius 1 is 1.42 bits per heavy atom. The number of aromatic amines is 1. The third-order valence-corrected chi connectivity index (χ3v) is 4.03. The van der Waals surface area contributed by atoms with Gasteiger partial charge in [-0.25, -0.2) is 4.79 Å². The molecule has 9 heteroatoms. The second kappa shape index (κ2) is 7.59. The number of nitrogens with one attached hydrogen (secondary N) is 3. The molecule has 0 radical (unpaired) electrons. The van der Waals surface area contributed by atoms with Crippen LogP contribution in [0.25, 0.3) is 0 Å². The fraction of sp³-hybridized carbons (Fsp3) is 0.529. The number of nitrogens with zero attached hydrogens (tertiary/aromatic N) is 2. The van der Waals surface area contributed by atoms with Gasteiger partial charge in [0.05, 0.1) is 18.7 Å². The summed E-state index contributed by atoms with van der Waals surface area (Å²) in [6, 6.07) is 3.58. The zero-order valence-corrected chi connectivity index (χ0v) is 15.0. The van der Waals surface area contributed by atoms with E-state index in [1.807, 2.05) is 19.9 Å². The lowest BCUT2D eigenvalue weighted by Gasteiger charge is -2.08. The first-order chi connectivity index (χ1) is 12.4. The minimum Gasteiger partial charge on any atom is -0.449 e. The summed E-state index contributed by atoms with van der Waals surface area (Å²) in [5, 5.41) is 16.2. The van der Waals surface area contributed by atoms with E-state index in [1.165, 1.54) is 0 Å². The fourth-order valence-corrected chi connectivity index (χ4v) is 2.71. The van der Waals surface area contributed by atoms with E-state index in [-0.39, 0.29) is 30.2 Å². The van der Waals surface area contributed by atoms with Gasteiger partial charge in [0.2, 0.25) is 5.91 Å². The van der Waals surface area contributed by atoms with Gasteiger partial charge in [0.1, 0.15) is 5.76 Å². The molecule has 2 amide bonds. The maximum atomic E-state index is 12.0. The molecule has 3 N–H and O–H groups in total. The average molecular weight is 361 g/mol. The summed E-state index contributed by atoms with van der Waals surface area (Å²) in [4.78, 5) is 23.5. The number of rotatable bonds is 7. The van der Waals surface area contributed by atoms with Crippen LogP contribution in [0.5, 0.6) is 0 Å². The monoisotopic (exact) mass is 361 g/mol. The summed E-state index contributed by atoms with van der Waals surface area (Å²) in [7, 11) is 0. The molecular weight excluding hydrogens is 338 g/mol. The van der Waals surface area contributed by atoms with Crippen molar-refractivity contribution in [2.24, 2.45) is 5.92 Å². The van der Waals surface area contributed by atoms with Crippen molar-refractivity contribution < 1.29 is 18.8 Å². The number of carbonyl (C=O) groups is 2. The molecule has 3 rings (SSSR count). The predicted octanol–water partition coefficient (Wildman–Crippen LogP) is 2.13. The lowest BCUT2D eigenvalue weighted by molar-refractivity contribution is -0.115. The third-order valence-electron chi connectivity index (χ3n) is 4.03. The van der Waals surface area contributed by atoms with Crippen LogP contribution in [0.15, 0.2) is 16.7 Å². The van der Waals surface area contributed by atoms with E-state index in [0.717, 1.165) is 17.8 Å². The van der Waals surface area contributed by atoms with Gasteiger partial charge >= 0.3 is 6.09 Å². The van der Waals surface area contributed by atoms with E-state index < -0.39 is 6.09 Å². The van der Waals surface area contributed by atoms with Crippen LogP contribution in [-0.2, 0) is 16.0 Å². The Morgan fingerprint density at radius 2 is 2.23 bits per heavy atom. The summed E-state index contributed by atoms with van der Waals surface area (Å²) < 4.78 is 10.2. The molecule has 0 spiro atoms. The molecule has 1 saturated carbocycles. The fourth-order valence-electron chi connectivity index (χ4n) is 2.71. The van der Waals surface area contributed by atoms with Gasteiger partial charge in [-0.1, -0.05) is 5.16 Å². The van der Waals surface area contributed by atoms with Gasteiger partial charge in [-0.05, 0) is 27.2 Å². The molecule has 1 aliphatic carbocycles. The molecule has 0 bridgehead atoms. The van der Waals surface area contributed by atoms with Crippen molar-refractivity contribution in [2.75, 3.05) is 11.9 Å². The molecule has 26 heavy (non-hydrogen) atoms. The van der Waals surface area contributed by atoms with Crippen LogP contribution in [0.1, 0.15) is 43.3 Å². The number of anilines is 1. The molecule has 2 atom stereocenters. The highest BCUT2D eigenvalue weighted by Gasteiger charge is 2.40. The number of carbonyl (C=O) groups excluding carboxylic acids is 2. The van der Waals surface area contributed by atoms with Crippen LogP contribution in [-0.4, -0.2) is 40.0 Å². The average Bonchev–Trinajstić information content (AvgIpc) is 2.99. The van der Waals surface area contributed by atoms with Gasteiger partial charge in [0.15, 0.2) is 5.82 Å². The predicted molar refractivity (Wildman–Crippen MR) is 92.6 cm³/mol. The van der Waals surface area contributed by atoms with Crippen LogP contribution in [0, 0.1) is 12.8 Å². The number of amides is 2. The first-order valence-corrected chi connectivity index (χ1v) is 8.61. The highest BCUT2D eigenvalue weighted by Crippen LogP contribution is 2.47. The minimum absolute atomic E-state index is 0.0529. The van der Waals surface area contributed by atoms with E-state index in [4.69, 9.17) is 9.26 Å². The Bertz CT molecular complexity index is 782. The largest absolute Gasteiger partial charge is 0.449 e. The van der Waals surface area contributed by atoms with Crippen molar-refractivity contribution in [3.8, 4) is 0 Å². The van der Waals surface area contributed by atoms with Crippen molar-refractivity contribution in [3.63, 3.8) is 0 Å². The number of alkyl carbamates (subject to hydrolysis) is 1. The molecular formula is C17H23N5O4. The summed E-state index contributed by atoms with van der Waals surface area (Å²) in [5.41, 5.74) is 1.66. The number of ether oxygens (including phenoxy) is 1. The molecule has 2 aromatic rings. The standard InChI is InChI=1S/C17H23N5O4/c1-9(2)18-17(24)25-8-11-5-13(11)14-7-15(21-20-14)19-16(23)6-12-4-10(3)22-26-12/h4,7,9,11,13H,5-6,8H2,1-3H3,(H,18,24)(H2,19,20,21,23). The van der Waals surface area contributed by atoms with Crippen molar-refractivity contribution in [2.45, 2.75) is 45.6 Å². The SMILES string of the molecule is Cc1cc(CC(=O)Nc2cc(C3CC3COC(=O)NC(C)C)[nH]n2)on1. The second-order valence-electron chi connectivity index (χ2n) is 6.87. The number of hydrogen-bond donors (Lipinski definition) is 3. The topological polar surface area (TPSA) is 122 Å². The number of aryl methyl sites for hydroxylation is 1. The Kier molecular flexibility index (Phi) is 5.24. The minimum atomic E-state index is -0.397. The third kappa shape index (κ3) is 4.84. The van der Waals surface area contributed by atoms with E-state index >= 15 is 0 Å². The van der Waals surface area contributed by atoms with Crippen molar-refractivity contribution in [1.82, 2.24) is 20.7 Å². The van der Waals surface area contributed by atoms with Crippen LogP contribution < -0.4 is 10.6 Å². The lowest BCUT2D eigenvalue weighted by Crippen LogP contribution is -2.31. The first-order valence-electron chi connectivity index (χ1n) is 8.61. The van der Waals surface area contributed by atoms with Gasteiger partial charge in [-0.15, -0.1) is 0 Å². The highest BCUT2D eigenvalue weighted by molar-refractivity contribution is 5.91. The Hall–Kier alpha value is -2.84. The molecule has 140 valence electrons. The molecule has 0 aliphatic heterocycles. The number of H-pyrrole nitrogens is 1. The van der Waals surface area contributed by atoms with Gasteiger partial charge in [0, 0.05) is 35.7 Å². The van der Waals surface area contributed by atoms with E-state index in [9.17, 15) is 9.59 Å². The Morgan fingerprint density at radius 3 is 2.92 bits per heavy atom. The maximum Gasteiger partial charge on any atom is 0.407 e. The molecule has 1 aliphatic rings. The molecule has 0 aromatic carbocycles. The van der Waals surface area contributed by atoms with Gasteiger partial charge < -0.3 is 19.9 Å². The summed E-state index contributed by atoms with van der Waals surface area (Å²) in [6.07, 6.45) is 0.626. The van der Waals surface area contributed by atoms with Gasteiger partial charge in [-0.2, -0.15) is 5.10 Å².